The van der Waals surface area contributed by atoms with Crippen molar-refractivity contribution in [3.8, 4) is 17.2 Å². The van der Waals surface area contributed by atoms with E-state index in [1.807, 2.05) is 12.1 Å². The lowest BCUT2D eigenvalue weighted by Crippen LogP contribution is -2.05. The predicted octanol–water partition coefficient (Wildman–Crippen LogP) is 4.10. The minimum absolute atomic E-state index is 0.0672. The molecule has 0 atom stereocenters. The summed E-state index contributed by atoms with van der Waals surface area (Å²) in [6.45, 7) is 2.37. The van der Waals surface area contributed by atoms with Crippen LogP contribution in [0.3, 0.4) is 0 Å². The zero-order valence-electron chi connectivity index (χ0n) is 12.2. The first kappa shape index (κ1) is 16.2. The summed E-state index contributed by atoms with van der Waals surface area (Å²) in [5.41, 5.74) is 0.290. The summed E-state index contributed by atoms with van der Waals surface area (Å²) in [5.74, 6) is 1.03. The largest absolute Gasteiger partial charge is 0.507 e. The van der Waals surface area contributed by atoms with E-state index in [2.05, 4.69) is 0 Å². The highest BCUT2D eigenvalue weighted by atomic mass is 35.5. The highest BCUT2D eigenvalue weighted by molar-refractivity contribution is 6.30. The first-order chi connectivity index (χ1) is 10.6. The molecule has 0 amide bonds. The molecule has 1 N–H and O–H groups in total. The predicted molar refractivity (Wildman–Crippen MR) is 85.2 cm³/mol. The summed E-state index contributed by atoms with van der Waals surface area (Å²) in [7, 11) is 0. The second-order valence-electron chi connectivity index (χ2n) is 4.74. The lowest BCUT2D eigenvalue weighted by molar-refractivity contribution is 0.101. The number of ketones is 1. The van der Waals surface area contributed by atoms with Crippen molar-refractivity contribution in [2.45, 2.75) is 13.3 Å². The molecule has 0 saturated carbocycles. The van der Waals surface area contributed by atoms with E-state index in [0.29, 0.717) is 36.0 Å². The highest BCUT2D eigenvalue weighted by Gasteiger charge is 2.07. The van der Waals surface area contributed by atoms with Gasteiger partial charge in [0.15, 0.2) is 5.78 Å². The van der Waals surface area contributed by atoms with Crippen LogP contribution in [0.25, 0.3) is 0 Å². The monoisotopic (exact) mass is 320 g/mol. The molecule has 0 bridgehead atoms. The van der Waals surface area contributed by atoms with E-state index in [0.717, 1.165) is 5.75 Å². The molecule has 0 aromatic heterocycles. The lowest BCUT2D eigenvalue weighted by atomic mass is 10.1. The Kier molecular flexibility index (Phi) is 5.67. The molecule has 5 heteroatoms. The minimum atomic E-state index is -0.180. The van der Waals surface area contributed by atoms with Crippen molar-refractivity contribution in [2.75, 3.05) is 13.2 Å². The number of halogens is 1. The third-order valence-corrected chi connectivity index (χ3v) is 3.24. The molecule has 0 radical (unpaired) electrons. The van der Waals surface area contributed by atoms with Gasteiger partial charge in [0.05, 0.1) is 18.8 Å². The molecule has 2 aromatic rings. The Morgan fingerprint density at radius 1 is 1.05 bits per heavy atom. The Labute approximate surface area is 134 Å². The average molecular weight is 321 g/mol. The summed E-state index contributed by atoms with van der Waals surface area (Å²) in [4.78, 5) is 11.2. The van der Waals surface area contributed by atoms with Crippen molar-refractivity contribution in [2.24, 2.45) is 0 Å². The number of carbonyl (C=O) groups is 1. The maximum atomic E-state index is 11.2. The van der Waals surface area contributed by atoms with Crippen molar-refractivity contribution in [1.29, 1.82) is 0 Å². The van der Waals surface area contributed by atoms with E-state index in [4.69, 9.17) is 21.1 Å². The fourth-order valence-electron chi connectivity index (χ4n) is 1.87. The number of Topliss-reactive ketones (excluding diaryl/α,β-unsaturated/α-hetero) is 1. The SMILES string of the molecule is CC(=O)c1ccc(OCCCOc2ccc(Cl)cc2)cc1O. The number of aromatic hydroxyl groups is 1. The van der Waals surface area contributed by atoms with Crippen LogP contribution in [0.2, 0.25) is 5.02 Å². The number of phenolic OH excluding ortho intramolecular Hbond substituents is 1. The fraction of sp³-hybridized carbons (Fsp3) is 0.235. The van der Waals surface area contributed by atoms with E-state index in [-0.39, 0.29) is 11.5 Å². The van der Waals surface area contributed by atoms with E-state index in [1.54, 1.807) is 24.3 Å². The number of hydrogen-bond acceptors (Lipinski definition) is 4. The van der Waals surface area contributed by atoms with Crippen LogP contribution in [0, 0.1) is 0 Å². The van der Waals surface area contributed by atoms with E-state index >= 15 is 0 Å². The molecule has 0 aliphatic heterocycles. The van der Waals surface area contributed by atoms with Crippen molar-refractivity contribution in [1.82, 2.24) is 0 Å². The lowest BCUT2D eigenvalue weighted by Gasteiger charge is -2.09. The summed E-state index contributed by atoms with van der Waals surface area (Å²) >= 11 is 5.79. The van der Waals surface area contributed by atoms with Gasteiger partial charge in [-0.1, -0.05) is 11.6 Å². The van der Waals surface area contributed by atoms with Gasteiger partial charge in [0.25, 0.3) is 0 Å². The molecular weight excluding hydrogens is 304 g/mol. The van der Waals surface area contributed by atoms with Crippen molar-refractivity contribution < 1.29 is 19.4 Å². The number of phenols is 1. The normalized spacial score (nSPS) is 10.3. The van der Waals surface area contributed by atoms with Gasteiger partial charge in [-0.2, -0.15) is 0 Å². The van der Waals surface area contributed by atoms with Crippen LogP contribution < -0.4 is 9.47 Å². The average Bonchev–Trinajstić information content (AvgIpc) is 2.48. The van der Waals surface area contributed by atoms with Crippen LogP contribution in [0.4, 0.5) is 0 Å². The van der Waals surface area contributed by atoms with Gasteiger partial charge in [-0.15, -0.1) is 0 Å². The first-order valence-corrected chi connectivity index (χ1v) is 7.29. The molecule has 0 aliphatic rings. The molecule has 0 fully saturated rings. The quantitative estimate of drug-likeness (QED) is 0.616. The molecule has 22 heavy (non-hydrogen) atoms. The molecule has 0 heterocycles. The topological polar surface area (TPSA) is 55.8 Å². The number of carbonyl (C=O) groups excluding carboxylic acids is 1. The Morgan fingerprint density at radius 2 is 1.64 bits per heavy atom. The summed E-state index contributed by atoms with van der Waals surface area (Å²) in [6.07, 6.45) is 0.692. The van der Waals surface area contributed by atoms with Crippen LogP contribution in [-0.4, -0.2) is 24.1 Å². The van der Waals surface area contributed by atoms with Crippen molar-refractivity contribution in [3.05, 3.63) is 53.1 Å². The summed E-state index contributed by atoms with van der Waals surface area (Å²) < 4.78 is 11.0. The molecular formula is C17H17ClO4. The number of benzene rings is 2. The third-order valence-electron chi connectivity index (χ3n) is 2.99. The van der Waals surface area contributed by atoms with Gasteiger partial charge >= 0.3 is 0 Å². The van der Waals surface area contributed by atoms with Gasteiger partial charge in [0, 0.05) is 17.5 Å². The van der Waals surface area contributed by atoms with E-state index in [9.17, 15) is 9.90 Å². The summed E-state index contributed by atoms with van der Waals surface area (Å²) in [6, 6.07) is 11.8. The molecule has 0 spiro atoms. The molecule has 0 unspecified atom stereocenters. The minimum Gasteiger partial charge on any atom is -0.507 e. The number of hydrogen-bond donors (Lipinski definition) is 1. The smallest absolute Gasteiger partial charge is 0.163 e. The molecule has 4 nitrogen and oxygen atoms in total. The van der Waals surface area contributed by atoms with Gasteiger partial charge in [0.1, 0.15) is 17.2 Å². The van der Waals surface area contributed by atoms with Gasteiger partial charge in [-0.3, -0.25) is 4.79 Å². The standard InChI is InChI=1S/C17H17ClO4/c1-12(19)16-8-7-15(11-17(16)20)22-10-2-9-21-14-5-3-13(18)4-6-14/h3-8,11,20H,2,9-10H2,1H3. The second kappa shape index (κ2) is 7.71. The van der Waals surface area contributed by atoms with Gasteiger partial charge in [-0.05, 0) is 43.3 Å². The Balaban J connectivity index is 1.73. The zero-order valence-corrected chi connectivity index (χ0v) is 13.0. The van der Waals surface area contributed by atoms with E-state index < -0.39 is 0 Å². The first-order valence-electron chi connectivity index (χ1n) is 6.91. The third kappa shape index (κ3) is 4.67. The maximum Gasteiger partial charge on any atom is 0.163 e. The Hall–Kier alpha value is -2.20. The molecule has 0 aliphatic carbocycles. The fourth-order valence-corrected chi connectivity index (χ4v) is 1.99. The molecule has 2 aromatic carbocycles. The number of ether oxygens (including phenoxy) is 2. The maximum absolute atomic E-state index is 11.2. The van der Waals surface area contributed by atoms with Crippen molar-refractivity contribution in [3.63, 3.8) is 0 Å². The summed E-state index contributed by atoms with van der Waals surface area (Å²) in [5, 5.41) is 10.4. The van der Waals surface area contributed by atoms with Gasteiger partial charge in [0.2, 0.25) is 0 Å². The molecule has 2 rings (SSSR count). The Morgan fingerprint density at radius 3 is 2.23 bits per heavy atom. The second-order valence-corrected chi connectivity index (χ2v) is 5.18. The van der Waals surface area contributed by atoms with E-state index in [1.165, 1.54) is 13.0 Å². The molecule has 116 valence electrons. The molecule has 0 saturated heterocycles. The van der Waals surface area contributed by atoms with Crippen LogP contribution >= 0.6 is 11.6 Å². The van der Waals surface area contributed by atoms with Crippen LogP contribution in [0.1, 0.15) is 23.7 Å². The van der Waals surface area contributed by atoms with Crippen molar-refractivity contribution >= 4 is 17.4 Å². The zero-order chi connectivity index (χ0) is 15.9. The van der Waals surface area contributed by atoms with Crippen LogP contribution in [0.15, 0.2) is 42.5 Å². The highest BCUT2D eigenvalue weighted by Crippen LogP contribution is 2.24. The number of rotatable bonds is 7. The van der Waals surface area contributed by atoms with Crippen LogP contribution in [-0.2, 0) is 0 Å². The van der Waals surface area contributed by atoms with Gasteiger partial charge in [-0.25, -0.2) is 0 Å². The van der Waals surface area contributed by atoms with Gasteiger partial charge < -0.3 is 14.6 Å². The van der Waals surface area contributed by atoms with Crippen LogP contribution in [0.5, 0.6) is 17.2 Å². The Bertz CT molecular complexity index is 638.